The van der Waals surface area contributed by atoms with Crippen LogP contribution >= 0.6 is 0 Å². The summed E-state index contributed by atoms with van der Waals surface area (Å²) in [6, 6.07) is 2.52. The first-order valence-corrected chi connectivity index (χ1v) is 7.43. The number of alkyl halides is 3. The van der Waals surface area contributed by atoms with E-state index in [0.29, 0.717) is 24.8 Å². The number of hydrogen-bond acceptors (Lipinski definition) is 3. The van der Waals surface area contributed by atoms with Gasteiger partial charge in [-0.25, -0.2) is 4.79 Å². The molecule has 0 fully saturated rings. The Kier molecular flexibility index (Phi) is 5.55. The van der Waals surface area contributed by atoms with Crippen LogP contribution in [-0.4, -0.2) is 33.8 Å². The van der Waals surface area contributed by atoms with Crippen LogP contribution in [0.1, 0.15) is 22.3 Å². The summed E-state index contributed by atoms with van der Waals surface area (Å²) < 4.78 is 48.4. The van der Waals surface area contributed by atoms with Crippen LogP contribution in [0, 0.1) is 0 Å². The number of halogens is 3. The minimum Gasteiger partial charge on any atom is -0.478 e. The molecule has 8 heteroatoms. The van der Waals surface area contributed by atoms with Crippen LogP contribution in [0.25, 0.3) is 0 Å². The summed E-state index contributed by atoms with van der Waals surface area (Å²) in [4.78, 5) is 11.0. The molecule has 4 nitrogen and oxygen atoms in total. The Morgan fingerprint density at radius 1 is 1.40 bits per heavy atom. The van der Waals surface area contributed by atoms with E-state index in [2.05, 4.69) is 5.32 Å². The summed E-state index contributed by atoms with van der Waals surface area (Å²) in [6.07, 6.45) is -2.51. The topological polar surface area (TPSA) is 66.4 Å². The van der Waals surface area contributed by atoms with E-state index < -0.39 is 34.1 Å². The second-order valence-corrected chi connectivity index (χ2v) is 5.68. The summed E-state index contributed by atoms with van der Waals surface area (Å²) in [5, 5.41) is 11.7. The van der Waals surface area contributed by atoms with E-state index in [9.17, 15) is 22.2 Å². The largest absolute Gasteiger partial charge is 0.478 e. The van der Waals surface area contributed by atoms with Crippen molar-refractivity contribution < 1.29 is 27.3 Å². The number of anilines is 1. The van der Waals surface area contributed by atoms with Crippen molar-refractivity contribution in [1.29, 1.82) is 0 Å². The van der Waals surface area contributed by atoms with Gasteiger partial charge < -0.3 is 10.4 Å². The monoisotopic (exact) mass is 309 g/mol. The molecular weight excluding hydrogens is 295 g/mol. The Morgan fingerprint density at radius 2 is 2.05 bits per heavy atom. The predicted molar refractivity (Wildman–Crippen MR) is 70.4 cm³/mol. The zero-order valence-corrected chi connectivity index (χ0v) is 11.5. The summed E-state index contributed by atoms with van der Waals surface area (Å²) in [7, 11) is -0.958. The molecule has 0 spiro atoms. The number of rotatable bonds is 6. The smallest absolute Gasteiger partial charge is 0.416 e. The van der Waals surface area contributed by atoms with E-state index in [-0.39, 0.29) is 5.69 Å². The van der Waals surface area contributed by atoms with E-state index in [1.807, 2.05) is 0 Å². The first-order chi connectivity index (χ1) is 9.21. The molecular formula is C12H14F3NO3S. The van der Waals surface area contributed by atoms with Gasteiger partial charge in [-0.05, 0) is 24.6 Å². The van der Waals surface area contributed by atoms with Crippen LogP contribution in [0.4, 0.5) is 18.9 Å². The first kappa shape index (κ1) is 16.5. The Hall–Kier alpha value is -1.57. The van der Waals surface area contributed by atoms with Crippen molar-refractivity contribution in [2.75, 3.05) is 23.9 Å². The van der Waals surface area contributed by atoms with Gasteiger partial charge in [-0.2, -0.15) is 13.2 Å². The Bertz CT molecular complexity index is 517. The molecule has 1 aromatic carbocycles. The van der Waals surface area contributed by atoms with Crippen LogP contribution in [-0.2, 0) is 17.0 Å². The van der Waals surface area contributed by atoms with E-state index in [1.165, 1.54) is 0 Å². The number of benzene rings is 1. The number of carboxylic acids is 1. The summed E-state index contributed by atoms with van der Waals surface area (Å²) >= 11 is 0. The maximum absolute atomic E-state index is 12.5. The lowest BCUT2D eigenvalue weighted by Crippen LogP contribution is -2.12. The molecule has 0 saturated heterocycles. The molecule has 0 aromatic heterocycles. The highest BCUT2D eigenvalue weighted by molar-refractivity contribution is 7.84. The minimum absolute atomic E-state index is 0.118. The average molecular weight is 309 g/mol. The molecule has 0 aliphatic carbocycles. The van der Waals surface area contributed by atoms with Gasteiger partial charge in [-0.1, -0.05) is 0 Å². The van der Waals surface area contributed by atoms with E-state index in [1.54, 1.807) is 6.26 Å². The van der Waals surface area contributed by atoms with Crippen molar-refractivity contribution in [3.8, 4) is 0 Å². The highest BCUT2D eigenvalue weighted by atomic mass is 32.2. The predicted octanol–water partition coefficient (Wildman–Crippen LogP) is 2.58. The molecule has 0 bridgehead atoms. The molecule has 0 amide bonds. The number of nitrogens with one attached hydrogen (secondary N) is 1. The van der Waals surface area contributed by atoms with Crippen LogP contribution in [0.15, 0.2) is 18.2 Å². The highest BCUT2D eigenvalue weighted by Gasteiger charge is 2.31. The molecule has 0 saturated carbocycles. The normalized spacial score (nSPS) is 13.0. The van der Waals surface area contributed by atoms with E-state index in [4.69, 9.17) is 5.11 Å². The van der Waals surface area contributed by atoms with Gasteiger partial charge in [0.25, 0.3) is 0 Å². The SMILES string of the molecule is CS(=O)CCCNc1ccc(C(F)(F)F)cc1C(=O)O. The van der Waals surface area contributed by atoms with Crippen LogP contribution in [0.2, 0.25) is 0 Å². The van der Waals surface area contributed by atoms with Crippen LogP contribution in [0.3, 0.4) is 0 Å². The fraction of sp³-hybridized carbons (Fsp3) is 0.417. The molecule has 112 valence electrons. The quantitative estimate of drug-likeness (QED) is 0.793. The van der Waals surface area contributed by atoms with E-state index in [0.717, 1.165) is 12.1 Å². The third-order valence-corrected chi connectivity index (χ3v) is 3.36. The van der Waals surface area contributed by atoms with Gasteiger partial charge in [0.1, 0.15) is 0 Å². The van der Waals surface area contributed by atoms with Crippen LogP contribution in [0.5, 0.6) is 0 Å². The number of aromatic carboxylic acids is 1. The van der Waals surface area contributed by atoms with Gasteiger partial charge >= 0.3 is 12.1 Å². The number of carbonyl (C=O) groups is 1. The average Bonchev–Trinajstić information content (AvgIpc) is 2.33. The minimum atomic E-state index is -4.58. The van der Waals surface area contributed by atoms with Gasteiger partial charge in [-0.3, -0.25) is 4.21 Å². The summed E-state index contributed by atoms with van der Waals surface area (Å²) in [5.74, 6) is -0.992. The van der Waals surface area contributed by atoms with Crippen molar-refractivity contribution in [3.05, 3.63) is 29.3 Å². The van der Waals surface area contributed by atoms with Crippen molar-refractivity contribution in [2.24, 2.45) is 0 Å². The third-order valence-electron chi connectivity index (χ3n) is 2.50. The first-order valence-electron chi connectivity index (χ1n) is 5.70. The second-order valence-electron chi connectivity index (χ2n) is 4.12. The standard InChI is InChI=1S/C12H14F3NO3S/c1-20(19)6-2-5-16-10-4-3-8(12(13,14)15)7-9(10)11(17)18/h3-4,7,16H,2,5-6H2,1H3,(H,17,18). The van der Waals surface area contributed by atoms with Gasteiger partial charge in [0.15, 0.2) is 0 Å². The lowest BCUT2D eigenvalue weighted by molar-refractivity contribution is -0.137. The summed E-state index contributed by atoms with van der Waals surface area (Å²) in [5.41, 5.74) is -1.32. The molecule has 20 heavy (non-hydrogen) atoms. The fourth-order valence-corrected chi connectivity index (χ4v) is 2.10. The van der Waals surface area contributed by atoms with Crippen molar-refractivity contribution in [3.63, 3.8) is 0 Å². The molecule has 0 radical (unpaired) electrons. The van der Waals surface area contributed by atoms with Crippen molar-refractivity contribution in [1.82, 2.24) is 0 Å². The Balaban J connectivity index is 2.86. The second kappa shape index (κ2) is 6.74. The Morgan fingerprint density at radius 3 is 2.55 bits per heavy atom. The molecule has 0 aliphatic rings. The zero-order chi connectivity index (χ0) is 15.3. The van der Waals surface area contributed by atoms with Crippen molar-refractivity contribution in [2.45, 2.75) is 12.6 Å². The number of hydrogen-bond donors (Lipinski definition) is 2. The lowest BCUT2D eigenvalue weighted by Gasteiger charge is -2.12. The molecule has 0 heterocycles. The molecule has 0 aliphatic heterocycles. The van der Waals surface area contributed by atoms with Gasteiger partial charge in [0.05, 0.1) is 11.1 Å². The van der Waals surface area contributed by atoms with Gasteiger partial charge in [0.2, 0.25) is 0 Å². The fourth-order valence-electron chi connectivity index (χ4n) is 1.55. The lowest BCUT2D eigenvalue weighted by atomic mass is 10.1. The molecule has 1 unspecified atom stereocenters. The van der Waals surface area contributed by atoms with Gasteiger partial charge in [0, 0.05) is 35.0 Å². The molecule has 1 rings (SSSR count). The Labute approximate surface area is 116 Å². The molecule has 2 N–H and O–H groups in total. The molecule has 1 aromatic rings. The number of carboxylic acid groups (broad SMARTS) is 1. The van der Waals surface area contributed by atoms with Crippen LogP contribution < -0.4 is 5.32 Å². The maximum Gasteiger partial charge on any atom is 0.416 e. The highest BCUT2D eigenvalue weighted by Crippen LogP contribution is 2.31. The maximum atomic E-state index is 12.5. The summed E-state index contributed by atoms with van der Waals surface area (Å²) in [6.45, 7) is 0.339. The van der Waals surface area contributed by atoms with E-state index >= 15 is 0 Å². The van der Waals surface area contributed by atoms with Crippen molar-refractivity contribution >= 4 is 22.5 Å². The third kappa shape index (κ3) is 4.84. The zero-order valence-electron chi connectivity index (χ0n) is 10.7. The molecule has 1 atom stereocenters. The van der Waals surface area contributed by atoms with Gasteiger partial charge in [-0.15, -0.1) is 0 Å².